The van der Waals surface area contributed by atoms with Gasteiger partial charge in [0.05, 0.1) is 21.0 Å². The van der Waals surface area contributed by atoms with Crippen molar-refractivity contribution in [2.75, 3.05) is 4.90 Å². The summed E-state index contributed by atoms with van der Waals surface area (Å²) in [7, 11) is -3.92. The fourth-order valence-corrected chi connectivity index (χ4v) is 4.45. The van der Waals surface area contributed by atoms with Gasteiger partial charge in [0.25, 0.3) is 5.91 Å². The first-order chi connectivity index (χ1) is 14.3. The number of sulfonamides is 1. The van der Waals surface area contributed by atoms with Crippen LogP contribution in [0.4, 0.5) is 5.69 Å². The molecule has 1 atom stereocenters. The third-order valence-corrected chi connectivity index (χ3v) is 6.41. The third-order valence-electron chi connectivity index (χ3n) is 4.61. The number of hydrogen-bond donors (Lipinski definition) is 2. The summed E-state index contributed by atoms with van der Waals surface area (Å²) >= 11 is 1.19. The third kappa shape index (κ3) is 3.41. The summed E-state index contributed by atoms with van der Waals surface area (Å²) in [5.74, 6) is -1.93. The fourth-order valence-electron chi connectivity index (χ4n) is 3.26. The second-order valence-electron chi connectivity index (χ2n) is 6.44. The maximum Gasteiger partial charge on any atom is 0.294 e. The topological polar surface area (TPSA) is 131 Å². The van der Waals surface area contributed by atoms with Gasteiger partial charge >= 0.3 is 0 Å². The van der Waals surface area contributed by atoms with Gasteiger partial charge in [0.1, 0.15) is 6.04 Å². The largest absolute Gasteiger partial charge is 0.503 e. The first kappa shape index (κ1) is 20.0. The molecule has 8 nitrogen and oxygen atoms in total. The van der Waals surface area contributed by atoms with Crippen LogP contribution in [0.2, 0.25) is 0 Å². The van der Waals surface area contributed by atoms with Crippen LogP contribution < -0.4 is 10.0 Å². The maximum absolute atomic E-state index is 13.1. The number of hydrogen-bond acceptors (Lipinski definition) is 7. The monoisotopic (exact) mass is 441 g/mol. The number of aliphatic hydroxyl groups excluding tert-OH is 1. The Labute approximate surface area is 176 Å². The van der Waals surface area contributed by atoms with Crippen molar-refractivity contribution in [1.29, 1.82) is 0 Å². The molecule has 0 fully saturated rings. The highest BCUT2D eigenvalue weighted by Crippen LogP contribution is 2.41. The van der Waals surface area contributed by atoms with E-state index in [2.05, 4.69) is 4.98 Å². The van der Waals surface area contributed by atoms with Crippen LogP contribution in [-0.4, -0.2) is 30.2 Å². The van der Waals surface area contributed by atoms with Gasteiger partial charge in [-0.25, -0.2) is 13.6 Å². The lowest BCUT2D eigenvalue weighted by Crippen LogP contribution is -2.31. The van der Waals surface area contributed by atoms with Crippen LogP contribution in [0, 0.1) is 0 Å². The molecule has 1 aromatic carbocycles. The fraction of sp³-hybridized carbons (Fsp3) is 0.0500. The van der Waals surface area contributed by atoms with Gasteiger partial charge in [-0.15, -0.1) is 11.3 Å². The van der Waals surface area contributed by atoms with Crippen molar-refractivity contribution in [3.05, 3.63) is 88.1 Å². The second-order valence-corrected chi connectivity index (χ2v) is 8.95. The summed E-state index contributed by atoms with van der Waals surface area (Å²) in [6, 6.07) is 12.7. The van der Waals surface area contributed by atoms with Crippen molar-refractivity contribution >= 4 is 38.7 Å². The number of Topliss-reactive ketones (excluding diaryl/α,β-unsaturated/α-hetero) is 1. The Bertz CT molecular complexity index is 1250. The van der Waals surface area contributed by atoms with Crippen LogP contribution in [0.5, 0.6) is 0 Å². The smallest absolute Gasteiger partial charge is 0.294 e. The minimum atomic E-state index is -3.92. The van der Waals surface area contributed by atoms with E-state index in [-0.39, 0.29) is 16.2 Å². The number of ketones is 1. The van der Waals surface area contributed by atoms with Gasteiger partial charge in [0.2, 0.25) is 15.8 Å². The summed E-state index contributed by atoms with van der Waals surface area (Å²) < 4.78 is 23.1. The highest BCUT2D eigenvalue weighted by molar-refractivity contribution is 7.89. The van der Waals surface area contributed by atoms with Crippen molar-refractivity contribution in [1.82, 2.24) is 4.98 Å². The van der Waals surface area contributed by atoms with E-state index in [1.807, 2.05) is 0 Å². The van der Waals surface area contributed by atoms with Gasteiger partial charge in [-0.2, -0.15) is 0 Å². The molecule has 10 heteroatoms. The number of carbonyl (C=O) groups excluding carboxylic acids is 2. The minimum Gasteiger partial charge on any atom is -0.503 e. The van der Waals surface area contributed by atoms with Gasteiger partial charge in [0.15, 0.2) is 5.76 Å². The van der Waals surface area contributed by atoms with Crippen LogP contribution in [-0.2, 0) is 14.8 Å². The van der Waals surface area contributed by atoms with Crippen molar-refractivity contribution in [2.24, 2.45) is 5.14 Å². The molecule has 0 radical (unpaired) electrons. The number of aliphatic hydroxyl groups is 1. The van der Waals surface area contributed by atoms with Gasteiger partial charge in [-0.1, -0.05) is 12.1 Å². The first-order valence-corrected chi connectivity index (χ1v) is 11.1. The number of nitrogens with zero attached hydrogens (tertiary/aromatic N) is 2. The van der Waals surface area contributed by atoms with Crippen molar-refractivity contribution in [3.63, 3.8) is 0 Å². The van der Waals surface area contributed by atoms with E-state index in [0.29, 0.717) is 10.6 Å². The minimum absolute atomic E-state index is 0.0864. The number of primary sulfonamides is 1. The molecule has 30 heavy (non-hydrogen) atoms. The number of carbonyl (C=O) groups is 2. The molecule has 1 aliphatic rings. The Balaban J connectivity index is 1.85. The number of rotatable bonds is 5. The van der Waals surface area contributed by atoms with Gasteiger partial charge < -0.3 is 5.11 Å². The second kappa shape index (κ2) is 7.48. The lowest BCUT2D eigenvalue weighted by molar-refractivity contribution is -0.117. The standard InChI is InChI=1S/C20H15N3O5S2/c21-30(27,28)13-8-6-12(7-9-13)23-17(14-4-1-2-10-22-14)16(19(25)20(23)26)18(24)15-5-3-11-29-15/h1-11,17,25H,(H2,21,27,28). The molecule has 0 bridgehead atoms. The van der Waals surface area contributed by atoms with Crippen molar-refractivity contribution < 1.29 is 23.1 Å². The molecule has 1 aliphatic heterocycles. The van der Waals surface area contributed by atoms with Crippen LogP contribution in [0.3, 0.4) is 0 Å². The molecule has 152 valence electrons. The molecule has 0 aliphatic carbocycles. The molecular formula is C20H15N3O5S2. The zero-order valence-electron chi connectivity index (χ0n) is 15.3. The Hall–Kier alpha value is -3.34. The normalized spacial score (nSPS) is 16.9. The maximum atomic E-state index is 13.1. The Morgan fingerprint density at radius 2 is 1.83 bits per heavy atom. The summed E-state index contributed by atoms with van der Waals surface area (Å²) in [5.41, 5.74) is 0.575. The number of thiophene rings is 1. The van der Waals surface area contributed by atoms with E-state index >= 15 is 0 Å². The Morgan fingerprint density at radius 3 is 2.40 bits per heavy atom. The van der Waals surface area contributed by atoms with Gasteiger partial charge in [-0.05, 0) is 47.8 Å². The van der Waals surface area contributed by atoms with Crippen molar-refractivity contribution in [2.45, 2.75) is 10.9 Å². The molecular weight excluding hydrogens is 426 g/mol. The molecule has 1 amide bonds. The number of aromatic nitrogens is 1. The summed E-state index contributed by atoms with van der Waals surface area (Å²) in [4.78, 5) is 31.8. The molecule has 1 unspecified atom stereocenters. The summed E-state index contributed by atoms with van der Waals surface area (Å²) in [5, 5.41) is 17.5. The Morgan fingerprint density at radius 1 is 1.10 bits per heavy atom. The van der Waals surface area contributed by atoms with Crippen molar-refractivity contribution in [3.8, 4) is 0 Å². The average Bonchev–Trinajstić information content (AvgIpc) is 3.35. The summed E-state index contributed by atoms with van der Waals surface area (Å²) in [6.45, 7) is 0. The lowest BCUT2D eigenvalue weighted by Gasteiger charge is -2.26. The lowest BCUT2D eigenvalue weighted by atomic mass is 9.98. The molecule has 0 spiro atoms. The van der Waals surface area contributed by atoms with E-state index in [1.165, 1.54) is 46.7 Å². The van der Waals surface area contributed by atoms with E-state index in [0.717, 1.165) is 0 Å². The first-order valence-electron chi connectivity index (χ1n) is 8.67. The van der Waals surface area contributed by atoms with E-state index in [4.69, 9.17) is 5.14 Å². The van der Waals surface area contributed by atoms with E-state index < -0.39 is 33.5 Å². The number of anilines is 1. The molecule has 3 heterocycles. The molecule has 3 aromatic rings. The number of nitrogens with two attached hydrogens (primary N) is 1. The van der Waals surface area contributed by atoms with Crippen LogP contribution in [0.15, 0.2) is 82.4 Å². The van der Waals surface area contributed by atoms with E-state index in [9.17, 15) is 23.1 Å². The van der Waals surface area contributed by atoms with Crippen LogP contribution >= 0.6 is 11.3 Å². The predicted molar refractivity (Wildman–Crippen MR) is 111 cm³/mol. The van der Waals surface area contributed by atoms with E-state index in [1.54, 1.807) is 35.7 Å². The van der Waals surface area contributed by atoms with Crippen LogP contribution in [0.1, 0.15) is 21.4 Å². The summed E-state index contributed by atoms with van der Waals surface area (Å²) in [6.07, 6.45) is 1.52. The highest BCUT2D eigenvalue weighted by atomic mass is 32.2. The molecule has 2 aromatic heterocycles. The molecule has 0 saturated carbocycles. The number of amides is 1. The molecule has 3 N–H and O–H groups in total. The molecule has 4 rings (SSSR count). The average molecular weight is 441 g/mol. The van der Waals surface area contributed by atoms with Gasteiger partial charge in [-0.3, -0.25) is 19.5 Å². The number of benzene rings is 1. The molecule has 0 saturated heterocycles. The highest BCUT2D eigenvalue weighted by Gasteiger charge is 2.45. The van der Waals surface area contributed by atoms with Crippen LogP contribution in [0.25, 0.3) is 0 Å². The van der Waals surface area contributed by atoms with Gasteiger partial charge in [0, 0.05) is 11.9 Å². The SMILES string of the molecule is NS(=O)(=O)c1ccc(N2C(=O)C(O)=C(C(=O)c3cccs3)C2c2ccccn2)cc1. The Kier molecular flexibility index (Phi) is 4.98. The number of pyridine rings is 1. The quantitative estimate of drug-likeness (QED) is 0.585. The zero-order chi connectivity index (χ0) is 21.5. The predicted octanol–water partition coefficient (Wildman–Crippen LogP) is 2.57. The zero-order valence-corrected chi connectivity index (χ0v) is 16.9.